The first-order valence-corrected chi connectivity index (χ1v) is 7.98. The fourth-order valence-electron chi connectivity index (χ4n) is 2.30. The molecule has 2 aromatic rings. The Bertz CT molecular complexity index is 775. The molecule has 0 spiro atoms. The zero-order valence-corrected chi connectivity index (χ0v) is 14.4. The summed E-state index contributed by atoms with van der Waals surface area (Å²) in [6.07, 6.45) is -0.787. The topological polar surface area (TPSA) is 64.6 Å². The molecule has 0 bridgehead atoms. The highest BCUT2D eigenvalue weighted by Gasteiger charge is 2.21. The maximum Gasteiger partial charge on any atom is 0.306 e. The van der Waals surface area contributed by atoms with Gasteiger partial charge < -0.3 is 14.8 Å². The van der Waals surface area contributed by atoms with Crippen molar-refractivity contribution in [2.24, 2.45) is 0 Å². The molecule has 0 aromatic heterocycles. The molecule has 26 heavy (non-hydrogen) atoms. The SMILES string of the molecule is COc1ccccc1CCC(=O)OC(C)C(=O)Nc1c(F)cccc1F. The fourth-order valence-corrected chi connectivity index (χ4v) is 2.30. The summed E-state index contributed by atoms with van der Waals surface area (Å²) in [5.74, 6) is -2.59. The van der Waals surface area contributed by atoms with E-state index >= 15 is 0 Å². The average Bonchev–Trinajstić information content (AvgIpc) is 2.63. The summed E-state index contributed by atoms with van der Waals surface area (Å²) in [7, 11) is 1.53. The van der Waals surface area contributed by atoms with Crippen molar-refractivity contribution < 1.29 is 27.8 Å². The van der Waals surface area contributed by atoms with Crippen molar-refractivity contribution in [3.63, 3.8) is 0 Å². The van der Waals surface area contributed by atoms with Gasteiger partial charge in [0.25, 0.3) is 5.91 Å². The Morgan fingerprint density at radius 3 is 2.38 bits per heavy atom. The van der Waals surface area contributed by atoms with E-state index in [2.05, 4.69) is 5.32 Å². The van der Waals surface area contributed by atoms with Crippen molar-refractivity contribution in [2.45, 2.75) is 25.9 Å². The molecule has 1 amide bonds. The predicted octanol–water partition coefficient (Wildman–Crippen LogP) is 3.48. The summed E-state index contributed by atoms with van der Waals surface area (Å²) < 4.78 is 37.3. The molecule has 0 aliphatic heterocycles. The first-order valence-electron chi connectivity index (χ1n) is 7.98. The first-order chi connectivity index (χ1) is 12.4. The number of nitrogens with one attached hydrogen (secondary N) is 1. The second kappa shape index (κ2) is 8.94. The van der Waals surface area contributed by atoms with Crippen LogP contribution in [0.4, 0.5) is 14.5 Å². The minimum Gasteiger partial charge on any atom is -0.496 e. The third-order valence-electron chi connectivity index (χ3n) is 3.68. The van der Waals surface area contributed by atoms with Gasteiger partial charge in [-0.15, -0.1) is 0 Å². The molecular weight excluding hydrogens is 344 g/mol. The maximum atomic E-state index is 13.5. The Morgan fingerprint density at radius 2 is 1.73 bits per heavy atom. The van der Waals surface area contributed by atoms with E-state index in [1.165, 1.54) is 20.1 Å². The highest BCUT2D eigenvalue weighted by molar-refractivity contribution is 5.95. The standard InChI is InChI=1S/C19H19F2NO4/c1-12(19(24)22-18-14(20)7-5-8-15(18)21)26-17(23)11-10-13-6-3-4-9-16(13)25-2/h3-9,12H,10-11H2,1-2H3,(H,22,24). The molecular formula is C19H19F2NO4. The van der Waals surface area contributed by atoms with Gasteiger partial charge in [-0.25, -0.2) is 8.78 Å². The Kier molecular flexibility index (Phi) is 6.66. The fraction of sp³-hybridized carbons (Fsp3) is 0.263. The molecule has 1 N–H and O–H groups in total. The number of rotatable bonds is 7. The van der Waals surface area contributed by atoms with Crippen molar-refractivity contribution in [2.75, 3.05) is 12.4 Å². The van der Waals surface area contributed by atoms with Crippen molar-refractivity contribution >= 4 is 17.6 Å². The molecule has 0 radical (unpaired) electrons. The summed E-state index contributed by atoms with van der Waals surface area (Å²) >= 11 is 0. The predicted molar refractivity (Wildman–Crippen MR) is 91.9 cm³/mol. The highest BCUT2D eigenvalue weighted by atomic mass is 19.1. The molecule has 1 atom stereocenters. The maximum absolute atomic E-state index is 13.5. The lowest BCUT2D eigenvalue weighted by Crippen LogP contribution is -2.30. The number of carbonyl (C=O) groups excluding carboxylic acids is 2. The van der Waals surface area contributed by atoms with Crippen molar-refractivity contribution in [3.05, 3.63) is 59.7 Å². The number of benzene rings is 2. The Balaban J connectivity index is 1.89. The summed E-state index contributed by atoms with van der Waals surface area (Å²) in [5, 5.41) is 2.09. The quantitative estimate of drug-likeness (QED) is 0.765. The molecule has 7 heteroatoms. The summed E-state index contributed by atoms with van der Waals surface area (Å²) in [4.78, 5) is 23.9. The van der Waals surface area contributed by atoms with E-state index in [4.69, 9.17) is 9.47 Å². The summed E-state index contributed by atoms with van der Waals surface area (Å²) in [6.45, 7) is 1.33. The van der Waals surface area contributed by atoms with Gasteiger partial charge in [0.15, 0.2) is 6.10 Å². The number of esters is 1. The zero-order valence-electron chi connectivity index (χ0n) is 14.4. The van der Waals surface area contributed by atoms with Gasteiger partial charge in [0.1, 0.15) is 23.1 Å². The third kappa shape index (κ3) is 5.02. The number of anilines is 1. The van der Waals surface area contributed by atoms with E-state index in [-0.39, 0.29) is 6.42 Å². The molecule has 0 heterocycles. The van der Waals surface area contributed by atoms with Crippen LogP contribution < -0.4 is 10.1 Å². The molecule has 5 nitrogen and oxygen atoms in total. The Hall–Kier alpha value is -2.96. The molecule has 138 valence electrons. The van der Waals surface area contributed by atoms with Crippen LogP contribution in [-0.2, 0) is 20.7 Å². The number of methoxy groups -OCH3 is 1. The number of amides is 1. The number of hydrogen-bond acceptors (Lipinski definition) is 4. The number of carbonyl (C=O) groups is 2. The van der Waals surface area contributed by atoms with Crippen LogP contribution in [0.3, 0.4) is 0 Å². The van der Waals surface area contributed by atoms with Crippen LogP contribution in [0.25, 0.3) is 0 Å². The van der Waals surface area contributed by atoms with Crippen LogP contribution in [0.1, 0.15) is 18.9 Å². The van der Waals surface area contributed by atoms with E-state index in [9.17, 15) is 18.4 Å². The first kappa shape index (κ1) is 19.4. The van der Waals surface area contributed by atoms with E-state index in [0.717, 1.165) is 17.7 Å². The van der Waals surface area contributed by atoms with E-state index in [1.54, 1.807) is 6.07 Å². The minimum atomic E-state index is -1.20. The lowest BCUT2D eigenvalue weighted by atomic mass is 10.1. The monoisotopic (exact) mass is 363 g/mol. The van der Waals surface area contributed by atoms with E-state index in [0.29, 0.717) is 12.2 Å². The average molecular weight is 363 g/mol. The molecule has 0 aliphatic rings. The normalized spacial score (nSPS) is 11.5. The summed E-state index contributed by atoms with van der Waals surface area (Å²) in [5.41, 5.74) is 0.256. The molecule has 2 rings (SSSR count). The van der Waals surface area contributed by atoms with E-state index < -0.39 is 35.3 Å². The van der Waals surface area contributed by atoms with Crippen molar-refractivity contribution in [3.8, 4) is 5.75 Å². The lowest BCUT2D eigenvalue weighted by molar-refractivity contribution is -0.153. The van der Waals surface area contributed by atoms with Gasteiger partial charge in [-0.05, 0) is 37.1 Å². The molecule has 0 fully saturated rings. The second-order valence-corrected chi connectivity index (χ2v) is 5.53. The third-order valence-corrected chi connectivity index (χ3v) is 3.68. The molecule has 0 saturated heterocycles. The van der Waals surface area contributed by atoms with Crippen molar-refractivity contribution in [1.29, 1.82) is 0 Å². The van der Waals surface area contributed by atoms with Crippen molar-refractivity contribution in [1.82, 2.24) is 0 Å². The van der Waals surface area contributed by atoms with Gasteiger partial charge in [0, 0.05) is 6.42 Å². The molecule has 2 aromatic carbocycles. The molecule has 1 unspecified atom stereocenters. The van der Waals surface area contributed by atoms with Gasteiger partial charge >= 0.3 is 5.97 Å². The highest BCUT2D eigenvalue weighted by Crippen LogP contribution is 2.20. The van der Waals surface area contributed by atoms with Gasteiger partial charge in [-0.2, -0.15) is 0 Å². The molecule has 0 aliphatic carbocycles. The largest absolute Gasteiger partial charge is 0.496 e. The zero-order chi connectivity index (χ0) is 19.1. The van der Waals surface area contributed by atoms with Crippen LogP contribution in [0.2, 0.25) is 0 Å². The lowest BCUT2D eigenvalue weighted by Gasteiger charge is -2.14. The van der Waals surface area contributed by atoms with Crippen LogP contribution in [0.5, 0.6) is 5.75 Å². The smallest absolute Gasteiger partial charge is 0.306 e. The van der Waals surface area contributed by atoms with Crippen LogP contribution in [0.15, 0.2) is 42.5 Å². The Labute approximate surface area is 149 Å². The Morgan fingerprint density at radius 1 is 1.08 bits per heavy atom. The number of hydrogen-bond donors (Lipinski definition) is 1. The second-order valence-electron chi connectivity index (χ2n) is 5.53. The summed E-state index contributed by atoms with van der Waals surface area (Å²) in [6, 6.07) is 10.5. The minimum absolute atomic E-state index is 0.0338. The van der Waals surface area contributed by atoms with E-state index in [1.807, 2.05) is 18.2 Å². The van der Waals surface area contributed by atoms with Crippen LogP contribution in [-0.4, -0.2) is 25.1 Å². The van der Waals surface area contributed by atoms with Crippen LogP contribution in [0, 0.1) is 11.6 Å². The number of halogens is 2. The van der Waals surface area contributed by atoms with Crippen LogP contribution >= 0.6 is 0 Å². The number of para-hydroxylation sites is 2. The van der Waals surface area contributed by atoms with Gasteiger partial charge in [0.2, 0.25) is 0 Å². The van der Waals surface area contributed by atoms with Gasteiger partial charge in [0.05, 0.1) is 7.11 Å². The molecule has 0 saturated carbocycles. The number of aryl methyl sites for hydroxylation is 1. The number of ether oxygens (including phenoxy) is 2. The van der Waals surface area contributed by atoms with Gasteiger partial charge in [-0.1, -0.05) is 24.3 Å². The van der Waals surface area contributed by atoms with Gasteiger partial charge in [-0.3, -0.25) is 9.59 Å².